The highest BCUT2D eigenvalue weighted by molar-refractivity contribution is 7.92. The van der Waals surface area contributed by atoms with E-state index < -0.39 is 15.6 Å². The molecule has 0 bridgehead atoms. The number of anilines is 2. The van der Waals surface area contributed by atoms with Crippen molar-refractivity contribution in [2.45, 2.75) is 31.3 Å². The van der Waals surface area contributed by atoms with Crippen LogP contribution in [-0.2, 0) is 14.8 Å². The number of piperazine rings is 1. The van der Waals surface area contributed by atoms with Gasteiger partial charge in [0, 0.05) is 31.2 Å². The second-order valence-electron chi connectivity index (χ2n) is 8.40. The lowest BCUT2D eigenvalue weighted by molar-refractivity contribution is 0.0240. The lowest BCUT2D eigenvalue weighted by Gasteiger charge is -2.37. The number of ether oxygens (including phenoxy) is 2. The van der Waals surface area contributed by atoms with Gasteiger partial charge in [0.15, 0.2) is 0 Å². The van der Waals surface area contributed by atoms with Gasteiger partial charge in [0.1, 0.15) is 11.4 Å². The van der Waals surface area contributed by atoms with Crippen LogP contribution in [0.3, 0.4) is 0 Å². The SMILES string of the molecule is COc1ccc(NS(=O)(=O)c2cccc(Cl)c2)cc1N1CCN(C(=O)OC(C)(C)C)CC1. The number of sulfonamides is 1. The van der Waals surface area contributed by atoms with Crippen LogP contribution in [0.4, 0.5) is 16.2 Å². The predicted octanol–water partition coefficient (Wildman–Crippen LogP) is 4.21. The first-order chi connectivity index (χ1) is 15.0. The highest BCUT2D eigenvalue weighted by Crippen LogP contribution is 2.33. The van der Waals surface area contributed by atoms with E-state index in [-0.39, 0.29) is 11.0 Å². The molecule has 2 aromatic rings. The molecule has 1 aliphatic heterocycles. The Morgan fingerprint density at radius 1 is 1.06 bits per heavy atom. The van der Waals surface area contributed by atoms with Crippen LogP contribution in [0.5, 0.6) is 5.75 Å². The maximum absolute atomic E-state index is 12.8. The van der Waals surface area contributed by atoms with Crippen molar-refractivity contribution in [3.63, 3.8) is 0 Å². The Kier molecular flexibility index (Phi) is 7.09. The third kappa shape index (κ3) is 5.98. The van der Waals surface area contributed by atoms with Crippen molar-refractivity contribution in [1.29, 1.82) is 0 Å². The highest BCUT2D eigenvalue weighted by atomic mass is 35.5. The smallest absolute Gasteiger partial charge is 0.410 e. The predicted molar refractivity (Wildman–Crippen MR) is 125 cm³/mol. The molecule has 1 amide bonds. The van der Waals surface area contributed by atoms with Gasteiger partial charge in [-0.2, -0.15) is 0 Å². The Bertz CT molecular complexity index is 1080. The molecule has 2 aromatic carbocycles. The van der Waals surface area contributed by atoms with Crippen LogP contribution in [0.2, 0.25) is 5.02 Å². The van der Waals surface area contributed by atoms with Crippen molar-refractivity contribution >= 4 is 39.1 Å². The third-order valence-electron chi connectivity index (χ3n) is 4.81. The summed E-state index contributed by atoms with van der Waals surface area (Å²) >= 11 is 5.94. The van der Waals surface area contributed by atoms with Crippen LogP contribution in [0.25, 0.3) is 0 Å². The summed E-state index contributed by atoms with van der Waals surface area (Å²) in [6.45, 7) is 7.58. The molecule has 1 fully saturated rings. The first kappa shape index (κ1) is 24.0. The maximum atomic E-state index is 12.8. The molecule has 0 spiro atoms. The molecule has 0 saturated carbocycles. The largest absolute Gasteiger partial charge is 0.495 e. The van der Waals surface area contributed by atoms with Gasteiger partial charge < -0.3 is 19.3 Å². The standard InChI is InChI=1S/C22H28ClN3O5S/c1-22(2,3)31-21(27)26-12-10-25(11-13-26)19-15-17(8-9-20(19)30-4)24-32(28,29)18-7-5-6-16(23)14-18/h5-9,14-15,24H,10-13H2,1-4H3. The summed E-state index contributed by atoms with van der Waals surface area (Å²) < 4.78 is 39.0. The zero-order chi connectivity index (χ0) is 23.5. The van der Waals surface area contributed by atoms with E-state index in [4.69, 9.17) is 21.1 Å². The molecule has 0 aliphatic carbocycles. The molecular weight excluding hydrogens is 454 g/mol. The molecule has 0 unspecified atom stereocenters. The van der Waals surface area contributed by atoms with Crippen LogP contribution in [-0.4, -0.2) is 58.3 Å². The average molecular weight is 482 g/mol. The van der Waals surface area contributed by atoms with E-state index in [2.05, 4.69) is 9.62 Å². The quantitative estimate of drug-likeness (QED) is 0.688. The van der Waals surface area contributed by atoms with Gasteiger partial charge in [0.25, 0.3) is 10.0 Å². The number of rotatable bonds is 5. The van der Waals surface area contributed by atoms with E-state index in [0.717, 1.165) is 5.69 Å². The zero-order valence-corrected chi connectivity index (χ0v) is 20.2. The van der Waals surface area contributed by atoms with Gasteiger partial charge in [-0.15, -0.1) is 0 Å². The van der Waals surface area contributed by atoms with Gasteiger partial charge in [-0.05, 0) is 57.2 Å². The number of hydrogen-bond acceptors (Lipinski definition) is 6. The maximum Gasteiger partial charge on any atom is 0.410 e. The molecule has 0 aromatic heterocycles. The second kappa shape index (κ2) is 9.46. The van der Waals surface area contributed by atoms with Crippen molar-refractivity contribution in [3.05, 3.63) is 47.5 Å². The fourth-order valence-electron chi connectivity index (χ4n) is 3.31. The Balaban J connectivity index is 1.75. The molecule has 0 atom stereocenters. The number of amides is 1. The van der Waals surface area contributed by atoms with Gasteiger partial charge in [0.2, 0.25) is 0 Å². The molecule has 10 heteroatoms. The average Bonchev–Trinajstić information content (AvgIpc) is 2.72. The summed E-state index contributed by atoms with van der Waals surface area (Å²) in [4.78, 5) is 16.1. The molecule has 0 radical (unpaired) electrons. The molecule has 1 heterocycles. The lowest BCUT2D eigenvalue weighted by Crippen LogP contribution is -2.50. The van der Waals surface area contributed by atoms with Crippen LogP contribution >= 0.6 is 11.6 Å². The number of carbonyl (C=O) groups excluding carboxylic acids is 1. The first-order valence-electron chi connectivity index (χ1n) is 10.2. The molecule has 3 rings (SSSR count). The van der Waals surface area contributed by atoms with E-state index in [9.17, 15) is 13.2 Å². The molecule has 32 heavy (non-hydrogen) atoms. The summed E-state index contributed by atoms with van der Waals surface area (Å²) in [5.74, 6) is 0.612. The van der Waals surface area contributed by atoms with Gasteiger partial charge in [-0.25, -0.2) is 13.2 Å². The molecule has 8 nitrogen and oxygen atoms in total. The molecular formula is C22H28ClN3O5S. The Hall–Kier alpha value is -2.65. The molecule has 1 aliphatic rings. The summed E-state index contributed by atoms with van der Waals surface area (Å²) in [6.07, 6.45) is -0.341. The van der Waals surface area contributed by atoms with Crippen LogP contribution in [0.15, 0.2) is 47.4 Å². The number of hydrogen-bond donors (Lipinski definition) is 1. The van der Waals surface area contributed by atoms with E-state index in [0.29, 0.717) is 42.6 Å². The Morgan fingerprint density at radius 2 is 1.75 bits per heavy atom. The third-order valence-corrected chi connectivity index (χ3v) is 6.42. The van der Waals surface area contributed by atoms with Crippen molar-refractivity contribution in [2.24, 2.45) is 0 Å². The number of nitrogens with one attached hydrogen (secondary N) is 1. The van der Waals surface area contributed by atoms with Crippen LogP contribution < -0.4 is 14.4 Å². The minimum absolute atomic E-state index is 0.0772. The van der Waals surface area contributed by atoms with Crippen molar-refractivity contribution in [3.8, 4) is 5.75 Å². The van der Waals surface area contributed by atoms with Crippen LogP contribution in [0.1, 0.15) is 20.8 Å². The summed E-state index contributed by atoms with van der Waals surface area (Å²) in [6, 6.07) is 11.2. The minimum Gasteiger partial charge on any atom is -0.495 e. The first-order valence-corrected chi connectivity index (χ1v) is 12.0. The molecule has 1 saturated heterocycles. The van der Waals surface area contributed by atoms with Crippen molar-refractivity contribution in [1.82, 2.24) is 4.90 Å². The normalized spacial score (nSPS) is 14.8. The Labute approximate surface area is 194 Å². The number of nitrogens with zero attached hydrogens (tertiary/aromatic N) is 2. The van der Waals surface area contributed by atoms with Gasteiger partial charge in [0.05, 0.1) is 23.4 Å². The van der Waals surface area contributed by atoms with Crippen molar-refractivity contribution in [2.75, 3.05) is 42.9 Å². The van der Waals surface area contributed by atoms with Gasteiger partial charge >= 0.3 is 6.09 Å². The summed E-state index contributed by atoms with van der Waals surface area (Å²) in [7, 11) is -2.24. The van der Waals surface area contributed by atoms with Crippen molar-refractivity contribution < 1.29 is 22.7 Å². The molecule has 174 valence electrons. The summed E-state index contributed by atoms with van der Waals surface area (Å²) in [5.41, 5.74) is 0.587. The van der Waals surface area contributed by atoms with E-state index in [1.165, 1.54) is 12.1 Å². The number of benzene rings is 2. The second-order valence-corrected chi connectivity index (χ2v) is 10.5. The lowest BCUT2D eigenvalue weighted by atomic mass is 10.2. The van der Waals surface area contributed by atoms with Gasteiger partial charge in [-0.3, -0.25) is 4.72 Å². The van der Waals surface area contributed by atoms with E-state index in [1.54, 1.807) is 42.3 Å². The van der Waals surface area contributed by atoms with Crippen LogP contribution in [0, 0.1) is 0 Å². The fraction of sp³-hybridized carbons (Fsp3) is 0.409. The number of carbonyl (C=O) groups is 1. The fourth-order valence-corrected chi connectivity index (χ4v) is 4.66. The van der Waals surface area contributed by atoms with E-state index in [1.807, 2.05) is 20.8 Å². The topological polar surface area (TPSA) is 88.2 Å². The zero-order valence-electron chi connectivity index (χ0n) is 18.6. The monoisotopic (exact) mass is 481 g/mol. The summed E-state index contributed by atoms with van der Waals surface area (Å²) in [5, 5.41) is 0.339. The van der Waals surface area contributed by atoms with E-state index >= 15 is 0 Å². The minimum atomic E-state index is -3.80. The molecule has 1 N–H and O–H groups in total. The van der Waals surface area contributed by atoms with Gasteiger partial charge in [-0.1, -0.05) is 17.7 Å². The Morgan fingerprint density at radius 3 is 2.34 bits per heavy atom. The highest BCUT2D eigenvalue weighted by Gasteiger charge is 2.27. The number of methoxy groups -OCH3 is 1. The number of halogens is 1.